The highest BCUT2D eigenvalue weighted by molar-refractivity contribution is 5.87. The maximum absolute atomic E-state index is 14.5. The minimum absolute atomic E-state index is 0.0791. The summed E-state index contributed by atoms with van der Waals surface area (Å²) < 4.78 is 14.5. The third kappa shape index (κ3) is 6.52. The van der Waals surface area contributed by atoms with E-state index in [-0.39, 0.29) is 35.5 Å². The molecule has 11 heteroatoms. The molecule has 220 valence electrons. The number of aromatic carboxylic acids is 1. The van der Waals surface area contributed by atoms with Gasteiger partial charge < -0.3 is 31.3 Å². The van der Waals surface area contributed by atoms with E-state index < -0.39 is 11.8 Å². The van der Waals surface area contributed by atoms with Gasteiger partial charge in [-0.3, -0.25) is 4.79 Å². The Kier molecular flexibility index (Phi) is 8.67. The van der Waals surface area contributed by atoms with E-state index >= 15 is 0 Å². The van der Waals surface area contributed by atoms with Crippen LogP contribution >= 0.6 is 0 Å². The molecule has 0 spiro atoms. The minimum Gasteiger partial charge on any atom is -0.478 e. The predicted molar refractivity (Wildman–Crippen MR) is 160 cm³/mol. The van der Waals surface area contributed by atoms with Crippen LogP contribution in [0.5, 0.6) is 0 Å². The first kappa shape index (κ1) is 29.0. The number of halogens is 1. The first-order valence-electron chi connectivity index (χ1n) is 14.1. The second-order valence-electron chi connectivity index (χ2n) is 11.0. The van der Waals surface area contributed by atoms with Gasteiger partial charge in [-0.05, 0) is 68.1 Å². The van der Waals surface area contributed by atoms with Crippen molar-refractivity contribution in [3.8, 4) is 0 Å². The van der Waals surface area contributed by atoms with Gasteiger partial charge in [-0.25, -0.2) is 14.2 Å². The number of likely N-dealkylation sites (N-methyl/N-ethyl adjacent to an activating group) is 1. The number of carbonyl (C=O) groups is 2. The Hall–Kier alpha value is -4.51. The lowest BCUT2D eigenvalue weighted by molar-refractivity contribution is -0.122. The molecule has 42 heavy (non-hydrogen) atoms. The second-order valence-corrected chi connectivity index (χ2v) is 11.0. The predicted octanol–water partition coefficient (Wildman–Crippen LogP) is 3.89. The lowest BCUT2D eigenvalue weighted by Crippen LogP contribution is -2.44. The van der Waals surface area contributed by atoms with Crippen LogP contribution in [0.3, 0.4) is 0 Å². The summed E-state index contributed by atoms with van der Waals surface area (Å²) in [5, 5.41) is 14.7. The van der Waals surface area contributed by atoms with Gasteiger partial charge in [-0.1, -0.05) is 30.4 Å². The average molecular weight is 574 g/mol. The number of carbonyl (C=O) groups excluding carboxylic acids is 1. The van der Waals surface area contributed by atoms with Crippen LogP contribution in [-0.4, -0.2) is 71.1 Å². The average Bonchev–Trinajstić information content (AvgIpc) is 3.59. The van der Waals surface area contributed by atoms with E-state index in [1.165, 1.54) is 5.69 Å². The van der Waals surface area contributed by atoms with Gasteiger partial charge in [0, 0.05) is 43.6 Å². The first-order chi connectivity index (χ1) is 20.2. The van der Waals surface area contributed by atoms with Crippen LogP contribution in [-0.2, 0) is 4.79 Å². The zero-order valence-electron chi connectivity index (χ0n) is 23.7. The van der Waals surface area contributed by atoms with E-state index in [1.54, 1.807) is 30.3 Å². The van der Waals surface area contributed by atoms with Gasteiger partial charge in [0.1, 0.15) is 0 Å². The monoisotopic (exact) mass is 573 g/mol. The Balaban J connectivity index is 0.000000336. The number of nitrogens with zero attached hydrogens (tertiary/aromatic N) is 4. The fraction of sp³-hybridized carbons (Fsp3) is 0.355. The fourth-order valence-electron chi connectivity index (χ4n) is 5.94. The second kappa shape index (κ2) is 12.6. The molecule has 1 saturated heterocycles. The Labute approximate surface area is 244 Å². The molecule has 4 atom stereocenters. The standard InChI is InChI=1S/C24H30FN7O.C7H6O2/c1-14-11-17(5-6-19(14)32-9-7-31(2)8-10-32)28-24-27-13-18(25)23(30-24)29-21-16-4-3-15(12-16)20(21)22(26)33;8-7(9)6-4-2-1-3-5-6/h3-6,11,13,15-16,20-21H,7-10,12H2,1-2H3,(H2,26,33)(H2,27,28,29,30);1-5H,(H,8,9)/t15-,16+,20+,21-;/m1./s1. The van der Waals surface area contributed by atoms with Crippen molar-refractivity contribution < 1.29 is 19.1 Å². The molecule has 3 aromatic rings. The molecule has 0 unspecified atom stereocenters. The molecule has 6 rings (SSSR count). The number of carboxylic acids is 1. The number of nitrogens with two attached hydrogens (primary N) is 1. The number of primary amides is 1. The van der Waals surface area contributed by atoms with Crippen LogP contribution in [0.15, 0.2) is 66.9 Å². The highest BCUT2D eigenvalue weighted by atomic mass is 19.1. The number of anilines is 4. The zero-order valence-corrected chi connectivity index (χ0v) is 23.7. The number of amides is 1. The maximum atomic E-state index is 14.5. The summed E-state index contributed by atoms with van der Waals surface area (Å²) in [4.78, 5) is 35.4. The van der Waals surface area contributed by atoms with Gasteiger partial charge >= 0.3 is 5.97 Å². The summed E-state index contributed by atoms with van der Waals surface area (Å²) >= 11 is 0. The molecule has 3 aliphatic rings. The topological polar surface area (TPSA) is 137 Å². The van der Waals surface area contributed by atoms with Crippen LogP contribution in [0, 0.1) is 30.5 Å². The molecule has 5 N–H and O–H groups in total. The molecular weight excluding hydrogens is 537 g/mol. The van der Waals surface area contributed by atoms with Gasteiger partial charge in [-0.2, -0.15) is 4.98 Å². The summed E-state index contributed by atoms with van der Waals surface area (Å²) in [5.74, 6) is -1.55. The summed E-state index contributed by atoms with van der Waals surface area (Å²) in [7, 11) is 2.14. The van der Waals surface area contributed by atoms with Crippen molar-refractivity contribution in [1.82, 2.24) is 14.9 Å². The smallest absolute Gasteiger partial charge is 0.335 e. The molecule has 2 heterocycles. The number of hydrogen-bond acceptors (Lipinski definition) is 8. The summed E-state index contributed by atoms with van der Waals surface area (Å²) in [6.45, 7) is 6.20. The van der Waals surface area contributed by atoms with Gasteiger partial charge in [0.2, 0.25) is 11.9 Å². The van der Waals surface area contributed by atoms with E-state index in [4.69, 9.17) is 10.8 Å². The number of rotatable bonds is 7. The Bertz CT molecular complexity index is 1460. The van der Waals surface area contributed by atoms with Crippen LogP contribution in [0.2, 0.25) is 0 Å². The van der Waals surface area contributed by atoms with Crippen LogP contribution in [0.4, 0.5) is 27.5 Å². The highest BCUT2D eigenvalue weighted by Crippen LogP contribution is 2.45. The molecule has 1 saturated carbocycles. The van der Waals surface area contributed by atoms with E-state index in [0.29, 0.717) is 11.5 Å². The van der Waals surface area contributed by atoms with Crippen molar-refractivity contribution in [3.05, 3.63) is 83.8 Å². The van der Waals surface area contributed by atoms with Gasteiger partial charge in [-0.15, -0.1) is 0 Å². The number of nitrogens with one attached hydrogen (secondary N) is 2. The molecule has 0 radical (unpaired) electrons. The quantitative estimate of drug-likeness (QED) is 0.310. The largest absolute Gasteiger partial charge is 0.478 e. The summed E-state index contributed by atoms with van der Waals surface area (Å²) in [6.07, 6.45) is 6.11. The number of allylic oxidation sites excluding steroid dienone is 1. The third-order valence-corrected chi connectivity index (χ3v) is 8.15. The minimum atomic E-state index is -0.879. The van der Waals surface area contributed by atoms with Crippen molar-refractivity contribution in [1.29, 1.82) is 0 Å². The Morgan fingerprint density at radius 3 is 2.40 bits per heavy atom. The van der Waals surface area contributed by atoms with Crippen molar-refractivity contribution >= 4 is 35.0 Å². The van der Waals surface area contributed by atoms with Crippen LogP contribution < -0.4 is 21.3 Å². The third-order valence-electron chi connectivity index (χ3n) is 8.15. The Morgan fingerprint density at radius 2 is 1.76 bits per heavy atom. The van der Waals surface area contributed by atoms with Gasteiger partial charge in [0.25, 0.3) is 0 Å². The number of aromatic nitrogens is 2. The van der Waals surface area contributed by atoms with Crippen molar-refractivity contribution in [3.63, 3.8) is 0 Å². The highest BCUT2D eigenvalue weighted by Gasteiger charge is 2.47. The van der Waals surface area contributed by atoms with Gasteiger partial charge in [0.05, 0.1) is 17.7 Å². The molecule has 1 aromatic heterocycles. The van der Waals surface area contributed by atoms with Crippen LogP contribution in [0.1, 0.15) is 22.3 Å². The molecule has 2 fully saturated rings. The molecule has 1 aliphatic heterocycles. The molecule has 2 bridgehead atoms. The normalized spacial score (nSPS) is 22.8. The van der Waals surface area contributed by atoms with Crippen molar-refractivity contribution in [2.75, 3.05) is 48.8 Å². The van der Waals surface area contributed by atoms with E-state index in [0.717, 1.165) is 50.0 Å². The van der Waals surface area contributed by atoms with E-state index in [2.05, 4.69) is 62.6 Å². The lowest BCUT2D eigenvalue weighted by atomic mass is 9.88. The number of fused-ring (bicyclic) bond motifs is 2. The SMILES string of the molecule is Cc1cc(Nc2ncc(F)c(N[C@H]3[C@@H](C(N)=O)[C@@H]4C=C[C@H]3C4)n2)ccc1N1CCN(C)CC1.O=C(O)c1ccccc1. The zero-order chi connectivity index (χ0) is 29.8. The molecule has 1 amide bonds. The van der Waals surface area contributed by atoms with Crippen molar-refractivity contribution in [2.45, 2.75) is 19.4 Å². The van der Waals surface area contributed by atoms with Gasteiger partial charge in [0.15, 0.2) is 11.6 Å². The molecule has 2 aromatic carbocycles. The number of benzene rings is 2. The Morgan fingerprint density at radius 1 is 1.05 bits per heavy atom. The number of aryl methyl sites for hydroxylation is 1. The fourth-order valence-corrected chi connectivity index (χ4v) is 5.94. The number of carboxylic acid groups (broad SMARTS) is 1. The summed E-state index contributed by atoms with van der Waals surface area (Å²) in [5.41, 5.74) is 9.17. The van der Waals surface area contributed by atoms with E-state index in [1.807, 2.05) is 12.1 Å². The molecular formula is C31H36FN7O3. The lowest BCUT2D eigenvalue weighted by Gasteiger charge is -2.35. The van der Waals surface area contributed by atoms with E-state index in [9.17, 15) is 14.0 Å². The number of hydrogen-bond donors (Lipinski definition) is 4. The number of piperazine rings is 1. The van der Waals surface area contributed by atoms with Crippen molar-refractivity contribution in [2.24, 2.45) is 23.5 Å². The first-order valence-corrected chi connectivity index (χ1v) is 14.1. The molecule has 2 aliphatic carbocycles. The maximum Gasteiger partial charge on any atom is 0.335 e. The molecule has 10 nitrogen and oxygen atoms in total. The van der Waals surface area contributed by atoms with Crippen LogP contribution in [0.25, 0.3) is 0 Å². The summed E-state index contributed by atoms with van der Waals surface area (Å²) in [6, 6.07) is 14.2.